The first-order valence-electron chi connectivity index (χ1n) is 9.81. The van der Waals surface area contributed by atoms with Crippen molar-refractivity contribution in [2.75, 3.05) is 6.54 Å². The number of carbonyl (C=O) groups excluding carboxylic acids is 2. The summed E-state index contributed by atoms with van der Waals surface area (Å²) in [5, 5.41) is 23.4. The molecule has 0 saturated carbocycles. The zero-order valence-corrected chi connectivity index (χ0v) is 17.9. The lowest BCUT2D eigenvalue weighted by Crippen LogP contribution is -2.29. The Bertz CT molecular complexity index is 1110. The molecule has 0 spiro atoms. The van der Waals surface area contributed by atoms with Crippen LogP contribution >= 0.6 is 0 Å². The molecule has 10 nitrogen and oxygen atoms in total. The van der Waals surface area contributed by atoms with Crippen LogP contribution in [-0.4, -0.2) is 49.7 Å². The number of carboxylic acids is 1. The van der Waals surface area contributed by atoms with Crippen molar-refractivity contribution in [2.45, 2.75) is 27.3 Å². The summed E-state index contributed by atoms with van der Waals surface area (Å²) in [6.45, 7) is 5.26. The van der Waals surface area contributed by atoms with Crippen molar-refractivity contribution in [1.82, 2.24) is 25.5 Å². The Hall–Kier alpha value is -4.08. The Morgan fingerprint density at radius 3 is 2.28 bits per heavy atom. The van der Waals surface area contributed by atoms with Gasteiger partial charge in [0.15, 0.2) is 0 Å². The number of hydrogen-bond donors (Lipinski definition) is 2. The normalized spacial score (nSPS) is 11.1. The third kappa shape index (κ3) is 5.97. The molecular weight excluding hydrogens is 414 g/mol. The number of nitrogens with one attached hydrogen (secondary N) is 1. The third-order valence-electron chi connectivity index (χ3n) is 4.33. The van der Waals surface area contributed by atoms with Crippen molar-refractivity contribution in [3.8, 4) is 17.1 Å². The SMILES string of the molecule is CC(C)(C)C(=O)Oc1ccc(-c2nnn(Cc3ccc(C(=O)NCC(=O)O)cc3)n2)cc1. The first-order chi connectivity index (χ1) is 15.1. The van der Waals surface area contributed by atoms with Crippen LogP contribution in [0, 0.1) is 5.41 Å². The summed E-state index contributed by atoms with van der Waals surface area (Å²) < 4.78 is 5.35. The van der Waals surface area contributed by atoms with E-state index in [0.717, 1.165) is 11.1 Å². The van der Waals surface area contributed by atoms with E-state index >= 15 is 0 Å². The lowest BCUT2D eigenvalue weighted by Gasteiger charge is -2.16. The quantitative estimate of drug-likeness (QED) is 0.424. The topological polar surface area (TPSA) is 136 Å². The lowest BCUT2D eigenvalue weighted by atomic mass is 9.97. The number of aliphatic carboxylic acids is 1. The first kappa shape index (κ1) is 22.6. The molecule has 10 heteroatoms. The van der Waals surface area contributed by atoms with Gasteiger partial charge in [0.05, 0.1) is 12.0 Å². The van der Waals surface area contributed by atoms with Crippen LogP contribution in [0.2, 0.25) is 0 Å². The monoisotopic (exact) mass is 437 g/mol. The summed E-state index contributed by atoms with van der Waals surface area (Å²) in [4.78, 5) is 35.8. The van der Waals surface area contributed by atoms with Gasteiger partial charge in [-0.05, 0) is 67.9 Å². The Morgan fingerprint density at radius 1 is 1.03 bits per heavy atom. The molecule has 32 heavy (non-hydrogen) atoms. The van der Waals surface area contributed by atoms with E-state index in [1.54, 1.807) is 69.3 Å². The average molecular weight is 437 g/mol. The molecule has 3 aromatic rings. The predicted octanol–water partition coefficient (Wildman–Crippen LogP) is 2.15. The van der Waals surface area contributed by atoms with Crippen LogP contribution in [0.3, 0.4) is 0 Å². The zero-order chi connectivity index (χ0) is 23.3. The van der Waals surface area contributed by atoms with Gasteiger partial charge in [0.2, 0.25) is 5.82 Å². The molecule has 0 aliphatic rings. The van der Waals surface area contributed by atoms with Gasteiger partial charge in [-0.15, -0.1) is 10.2 Å². The van der Waals surface area contributed by atoms with E-state index in [1.165, 1.54) is 4.80 Å². The van der Waals surface area contributed by atoms with Crippen molar-refractivity contribution in [3.63, 3.8) is 0 Å². The molecule has 166 valence electrons. The van der Waals surface area contributed by atoms with Crippen molar-refractivity contribution in [2.24, 2.45) is 5.41 Å². The molecule has 0 saturated heterocycles. The fourth-order valence-corrected chi connectivity index (χ4v) is 2.54. The van der Waals surface area contributed by atoms with Crippen LogP contribution in [0.4, 0.5) is 0 Å². The number of carboxylic acid groups (broad SMARTS) is 1. The maximum absolute atomic E-state index is 12.0. The standard InChI is InChI=1S/C22H23N5O5/c1-22(2,3)21(31)32-17-10-8-15(9-11-17)19-24-26-27(25-19)13-14-4-6-16(7-5-14)20(30)23-12-18(28)29/h4-11H,12-13H2,1-3H3,(H,23,30)(H,28,29). The summed E-state index contributed by atoms with van der Waals surface area (Å²) in [6, 6.07) is 13.5. The van der Waals surface area contributed by atoms with Gasteiger partial charge in [-0.1, -0.05) is 12.1 Å². The predicted molar refractivity (Wildman–Crippen MR) is 114 cm³/mol. The van der Waals surface area contributed by atoms with Gasteiger partial charge in [0.25, 0.3) is 5.91 Å². The molecule has 0 aliphatic heterocycles. The molecule has 1 amide bonds. The third-order valence-corrected chi connectivity index (χ3v) is 4.33. The summed E-state index contributed by atoms with van der Waals surface area (Å²) in [5.41, 5.74) is 1.32. The number of esters is 1. The van der Waals surface area contributed by atoms with Gasteiger partial charge in [0.1, 0.15) is 12.3 Å². The smallest absolute Gasteiger partial charge is 0.322 e. The van der Waals surface area contributed by atoms with Crippen LogP contribution in [0.5, 0.6) is 5.75 Å². The number of ether oxygens (including phenoxy) is 1. The van der Waals surface area contributed by atoms with E-state index in [4.69, 9.17) is 9.84 Å². The van der Waals surface area contributed by atoms with Gasteiger partial charge in [-0.3, -0.25) is 14.4 Å². The second-order valence-electron chi connectivity index (χ2n) is 8.08. The Morgan fingerprint density at radius 2 is 1.69 bits per heavy atom. The van der Waals surface area contributed by atoms with Crippen molar-refractivity contribution >= 4 is 17.8 Å². The molecular formula is C22H23N5O5. The molecule has 1 heterocycles. The molecule has 0 fully saturated rings. The second kappa shape index (κ2) is 9.38. The van der Waals surface area contributed by atoms with E-state index < -0.39 is 23.8 Å². The van der Waals surface area contributed by atoms with Crippen LogP contribution in [-0.2, 0) is 16.1 Å². The molecule has 2 aromatic carbocycles. The van der Waals surface area contributed by atoms with Gasteiger partial charge in [0, 0.05) is 11.1 Å². The summed E-state index contributed by atoms with van der Waals surface area (Å²) in [7, 11) is 0. The molecule has 3 rings (SSSR count). The number of hydrogen-bond acceptors (Lipinski definition) is 7. The molecule has 0 unspecified atom stereocenters. The van der Waals surface area contributed by atoms with Crippen LogP contribution < -0.4 is 10.1 Å². The first-order valence-corrected chi connectivity index (χ1v) is 9.81. The highest BCUT2D eigenvalue weighted by molar-refractivity contribution is 5.95. The van der Waals surface area contributed by atoms with Crippen LogP contribution in [0.15, 0.2) is 48.5 Å². The minimum Gasteiger partial charge on any atom is -0.480 e. The number of tetrazole rings is 1. The number of benzene rings is 2. The van der Waals surface area contributed by atoms with E-state index in [2.05, 4.69) is 20.7 Å². The number of aromatic nitrogens is 4. The molecule has 0 bridgehead atoms. The zero-order valence-electron chi connectivity index (χ0n) is 17.9. The summed E-state index contributed by atoms with van der Waals surface area (Å²) in [5.74, 6) is -1.03. The minimum atomic E-state index is -1.11. The largest absolute Gasteiger partial charge is 0.480 e. The van der Waals surface area contributed by atoms with E-state index in [-0.39, 0.29) is 5.97 Å². The number of rotatable bonds is 7. The summed E-state index contributed by atoms with van der Waals surface area (Å²) >= 11 is 0. The van der Waals surface area contributed by atoms with Gasteiger partial charge in [-0.25, -0.2) is 0 Å². The lowest BCUT2D eigenvalue weighted by molar-refractivity contribution is -0.143. The minimum absolute atomic E-state index is 0.320. The molecule has 2 N–H and O–H groups in total. The van der Waals surface area contributed by atoms with Crippen molar-refractivity contribution in [3.05, 3.63) is 59.7 Å². The molecule has 0 aliphatic carbocycles. The van der Waals surface area contributed by atoms with E-state index in [0.29, 0.717) is 23.7 Å². The summed E-state index contributed by atoms with van der Waals surface area (Å²) in [6.07, 6.45) is 0. The van der Waals surface area contributed by atoms with Crippen molar-refractivity contribution < 1.29 is 24.2 Å². The Kier molecular flexibility index (Phi) is 6.62. The number of amides is 1. The van der Waals surface area contributed by atoms with Gasteiger partial charge < -0.3 is 15.2 Å². The van der Waals surface area contributed by atoms with Gasteiger partial charge in [-0.2, -0.15) is 4.80 Å². The van der Waals surface area contributed by atoms with Crippen LogP contribution in [0.1, 0.15) is 36.7 Å². The van der Waals surface area contributed by atoms with Crippen LogP contribution in [0.25, 0.3) is 11.4 Å². The van der Waals surface area contributed by atoms with Crippen molar-refractivity contribution in [1.29, 1.82) is 0 Å². The molecule has 0 radical (unpaired) electrons. The van der Waals surface area contributed by atoms with E-state index in [9.17, 15) is 14.4 Å². The highest BCUT2D eigenvalue weighted by atomic mass is 16.5. The highest BCUT2D eigenvalue weighted by Crippen LogP contribution is 2.22. The average Bonchev–Trinajstić information content (AvgIpc) is 3.21. The number of nitrogens with zero attached hydrogens (tertiary/aromatic N) is 4. The Labute approximate surface area is 184 Å². The maximum atomic E-state index is 12.0. The second-order valence-corrected chi connectivity index (χ2v) is 8.08. The maximum Gasteiger partial charge on any atom is 0.322 e. The van der Waals surface area contributed by atoms with E-state index in [1.807, 2.05) is 0 Å². The molecule has 0 atom stereocenters. The fraction of sp³-hybridized carbons (Fsp3) is 0.273. The Balaban J connectivity index is 1.62. The fourth-order valence-electron chi connectivity index (χ4n) is 2.54. The number of carbonyl (C=O) groups is 3. The highest BCUT2D eigenvalue weighted by Gasteiger charge is 2.23. The molecule has 1 aromatic heterocycles. The van der Waals surface area contributed by atoms with Gasteiger partial charge >= 0.3 is 11.9 Å².